The number of nitrogens with two attached hydrogens (primary N) is 1. The molecule has 0 spiro atoms. The Labute approximate surface area is 135 Å². The molecule has 0 fully saturated rings. The van der Waals surface area contributed by atoms with Gasteiger partial charge in [-0.25, -0.2) is 0 Å². The molecule has 0 heterocycles. The molecule has 2 aromatic rings. The van der Waals surface area contributed by atoms with Gasteiger partial charge in [0.1, 0.15) is 0 Å². The third kappa shape index (κ3) is 4.35. The fourth-order valence-corrected chi connectivity index (χ4v) is 3.96. The fourth-order valence-electron chi connectivity index (χ4n) is 1.85. The van der Waals surface area contributed by atoms with Crippen molar-refractivity contribution in [2.24, 2.45) is 5.73 Å². The van der Waals surface area contributed by atoms with Gasteiger partial charge in [0, 0.05) is 25.1 Å². The van der Waals surface area contributed by atoms with Crippen LogP contribution in [0, 0.1) is 0 Å². The van der Waals surface area contributed by atoms with Crippen LogP contribution in [0.1, 0.15) is 17.7 Å². The normalized spacial score (nSPS) is 14.1. The second kappa shape index (κ2) is 6.93. The topological polar surface area (TPSA) is 26.0 Å². The maximum atomic E-state index is 6.16. The molecule has 19 heavy (non-hydrogen) atoms. The fraction of sp³-hybridized carbons (Fsp3) is 0.200. The first-order valence-corrected chi connectivity index (χ1v) is 8.46. The van der Waals surface area contributed by atoms with Crippen molar-refractivity contribution < 1.29 is 0 Å². The zero-order valence-electron chi connectivity index (χ0n) is 10.5. The summed E-state index contributed by atoms with van der Waals surface area (Å²) in [6.07, 6.45) is 0. The van der Waals surface area contributed by atoms with E-state index in [4.69, 9.17) is 5.73 Å². The SMILES string of the molecule is CC(N)C(Sc1cccc(Br)c1)c1cccc(Br)c1. The zero-order valence-corrected chi connectivity index (χ0v) is 14.5. The lowest BCUT2D eigenvalue weighted by Gasteiger charge is -2.21. The number of hydrogen-bond acceptors (Lipinski definition) is 2. The van der Waals surface area contributed by atoms with Crippen molar-refractivity contribution in [3.05, 3.63) is 63.0 Å². The van der Waals surface area contributed by atoms with Gasteiger partial charge in [-0.3, -0.25) is 0 Å². The van der Waals surface area contributed by atoms with Gasteiger partial charge in [-0.2, -0.15) is 0 Å². The molecule has 2 atom stereocenters. The second-order valence-corrected chi connectivity index (χ2v) is 7.46. The molecule has 2 unspecified atom stereocenters. The van der Waals surface area contributed by atoms with E-state index in [-0.39, 0.29) is 11.3 Å². The minimum atomic E-state index is 0.0817. The highest BCUT2D eigenvalue weighted by atomic mass is 79.9. The van der Waals surface area contributed by atoms with Crippen LogP contribution in [0.4, 0.5) is 0 Å². The molecule has 0 aliphatic heterocycles. The molecule has 2 N–H and O–H groups in total. The lowest BCUT2D eigenvalue weighted by Crippen LogP contribution is -2.22. The summed E-state index contributed by atoms with van der Waals surface area (Å²) in [5.41, 5.74) is 7.40. The second-order valence-electron chi connectivity index (χ2n) is 4.41. The van der Waals surface area contributed by atoms with E-state index >= 15 is 0 Å². The van der Waals surface area contributed by atoms with Gasteiger partial charge in [-0.05, 0) is 42.8 Å². The first-order valence-electron chi connectivity index (χ1n) is 5.99. The Balaban J connectivity index is 2.26. The van der Waals surface area contributed by atoms with Crippen LogP contribution in [0.2, 0.25) is 0 Å². The van der Waals surface area contributed by atoms with E-state index in [0.29, 0.717) is 0 Å². The van der Waals surface area contributed by atoms with Gasteiger partial charge in [-0.1, -0.05) is 50.1 Å². The number of thioether (sulfide) groups is 1. The third-order valence-corrected chi connectivity index (χ3v) is 5.18. The highest BCUT2D eigenvalue weighted by Gasteiger charge is 2.18. The first kappa shape index (κ1) is 15.1. The Morgan fingerprint density at radius 1 is 1.00 bits per heavy atom. The molecule has 2 rings (SSSR count). The number of rotatable bonds is 4. The van der Waals surface area contributed by atoms with Crippen LogP contribution in [0.25, 0.3) is 0 Å². The Morgan fingerprint density at radius 3 is 2.21 bits per heavy atom. The summed E-state index contributed by atoms with van der Waals surface area (Å²) in [4.78, 5) is 1.22. The number of hydrogen-bond donors (Lipinski definition) is 1. The molecule has 0 aliphatic carbocycles. The average molecular weight is 401 g/mol. The largest absolute Gasteiger partial charge is 0.327 e. The first-order chi connectivity index (χ1) is 9.06. The highest BCUT2D eigenvalue weighted by molar-refractivity contribution is 9.10. The molecule has 0 aliphatic rings. The summed E-state index contributed by atoms with van der Waals surface area (Å²) in [5.74, 6) is 0. The summed E-state index contributed by atoms with van der Waals surface area (Å²) in [5, 5.41) is 0.242. The van der Waals surface area contributed by atoms with Gasteiger partial charge in [0.15, 0.2) is 0 Å². The van der Waals surface area contributed by atoms with Crippen molar-refractivity contribution in [1.29, 1.82) is 0 Å². The maximum absolute atomic E-state index is 6.16. The maximum Gasteiger partial charge on any atom is 0.0493 e. The standard InChI is InChI=1S/C15H15Br2NS/c1-10(18)15(11-4-2-5-12(16)8-11)19-14-7-3-6-13(17)9-14/h2-10,15H,18H2,1H3. The van der Waals surface area contributed by atoms with Crippen LogP contribution in [-0.2, 0) is 0 Å². The van der Waals surface area contributed by atoms with Crippen molar-refractivity contribution >= 4 is 43.6 Å². The van der Waals surface area contributed by atoms with Crippen LogP contribution in [0.3, 0.4) is 0 Å². The van der Waals surface area contributed by atoms with Crippen molar-refractivity contribution in [1.82, 2.24) is 0 Å². The van der Waals surface area contributed by atoms with Gasteiger partial charge in [0.25, 0.3) is 0 Å². The van der Waals surface area contributed by atoms with Crippen molar-refractivity contribution in [3.63, 3.8) is 0 Å². The van der Waals surface area contributed by atoms with E-state index in [0.717, 1.165) is 8.95 Å². The summed E-state index contributed by atoms with van der Waals surface area (Å²) < 4.78 is 2.18. The van der Waals surface area contributed by atoms with Crippen LogP contribution in [-0.4, -0.2) is 6.04 Å². The van der Waals surface area contributed by atoms with E-state index in [9.17, 15) is 0 Å². The van der Waals surface area contributed by atoms with E-state index in [1.54, 1.807) is 11.8 Å². The van der Waals surface area contributed by atoms with Crippen molar-refractivity contribution in [2.45, 2.75) is 23.1 Å². The Morgan fingerprint density at radius 2 is 1.63 bits per heavy atom. The summed E-state index contributed by atoms with van der Waals surface area (Å²) >= 11 is 8.82. The van der Waals surface area contributed by atoms with Crippen LogP contribution >= 0.6 is 43.6 Å². The van der Waals surface area contributed by atoms with Crippen molar-refractivity contribution in [3.8, 4) is 0 Å². The minimum absolute atomic E-state index is 0.0817. The molecular weight excluding hydrogens is 386 g/mol. The molecule has 2 aromatic carbocycles. The van der Waals surface area contributed by atoms with E-state index in [2.05, 4.69) is 69.1 Å². The Hall–Kier alpha value is -0.290. The Kier molecular flexibility index (Phi) is 5.51. The Bertz CT molecular complexity index is 557. The molecule has 0 saturated heterocycles. The van der Waals surface area contributed by atoms with Gasteiger partial charge in [-0.15, -0.1) is 11.8 Å². The van der Waals surface area contributed by atoms with Crippen LogP contribution in [0.5, 0.6) is 0 Å². The number of benzene rings is 2. The third-order valence-electron chi connectivity index (χ3n) is 2.71. The molecule has 0 bridgehead atoms. The van der Waals surface area contributed by atoms with Crippen LogP contribution < -0.4 is 5.73 Å². The van der Waals surface area contributed by atoms with Gasteiger partial charge in [0.2, 0.25) is 0 Å². The molecule has 1 nitrogen and oxygen atoms in total. The molecular formula is C15H15Br2NS. The lowest BCUT2D eigenvalue weighted by molar-refractivity contribution is 0.721. The van der Waals surface area contributed by atoms with Crippen LogP contribution in [0.15, 0.2) is 62.4 Å². The average Bonchev–Trinajstić information content (AvgIpc) is 2.35. The van der Waals surface area contributed by atoms with E-state index in [1.807, 2.05) is 18.2 Å². The minimum Gasteiger partial charge on any atom is -0.327 e. The van der Waals surface area contributed by atoms with Crippen molar-refractivity contribution in [2.75, 3.05) is 0 Å². The number of halogens is 2. The van der Waals surface area contributed by atoms with Gasteiger partial charge in [0.05, 0.1) is 0 Å². The van der Waals surface area contributed by atoms with Gasteiger partial charge >= 0.3 is 0 Å². The summed E-state index contributed by atoms with van der Waals surface area (Å²) in [6, 6.07) is 16.7. The summed E-state index contributed by atoms with van der Waals surface area (Å²) in [7, 11) is 0. The predicted octanol–water partition coefficient (Wildman–Crippen LogP) is 5.39. The lowest BCUT2D eigenvalue weighted by atomic mass is 10.1. The molecule has 0 aromatic heterocycles. The molecule has 0 saturated carbocycles. The molecule has 100 valence electrons. The zero-order chi connectivity index (χ0) is 13.8. The smallest absolute Gasteiger partial charge is 0.0493 e. The quantitative estimate of drug-likeness (QED) is 0.696. The summed E-state index contributed by atoms with van der Waals surface area (Å²) in [6.45, 7) is 2.05. The van der Waals surface area contributed by atoms with Gasteiger partial charge < -0.3 is 5.73 Å². The monoisotopic (exact) mass is 399 g/mol. The molecule has 0 radical (unpaired) electrons. The van der Waals surface area contributed by atoms with E-state index < -0.39 is 0 Å². The highest BCUT2D eigenvalue weighted by Crippen LogP contribution is 2.38. The predicted molar refractivity (Wildman–Crippen MR) is 90.5 cm³/mol. The van der Waals surface area contributed by atoms with E-state index in [1.165, 1.54) is 10.5 Å². The molecule has 4 heteroatoms. The molecule has 0 amide bonds.